The number of benzene rings is 2. The van der Waals surface area contributed by atoms with Crippen LogP contribution in [0.5, 0.6) is 0 Å². The van der Waals surface area contributed by atoms with E-state index in [1.807, 2.05) is 13.8 Å². The maximum Gasteiger partial charge on any atom is 0.561 e. The molecule has 2 fully saturated rings. The van der Waals surface area contributed by atoms with Gasteiger partial charge in [0.05, 0.1) is 36.2 Å². The first-order chi connectivity index (χ1) is 33.7. The molecule has 0 radical (unpaired) electrons. The van der Waals surface area contributed by atoms with Gasteiger partial charge < -0.3 is 28.9 Å². The molecule has 70 heavy (non-hydrogen) atoms. The van der Waals surface area contributed by atoms with Crippen LogP contribution >= 0.6 is 23.2 Å². The Labute approximate surface area is 413 Å². The highest BCUT2D eigenvalue weighted by atomic mass is 35.5. The molecule has 24 heteroatoms. The Hall–Kier alpha value is -7.37. The van der Waals surface area contributed by atoms with Crippen molar-refractivity contribution in [2.24, 2.45) is 11.8 Å². The lowest BCUT2D eigenvalue weighted by Gasteiger charge is -2.09. The van der Waals surface area contributed by atoms with Gasteiger partial charge in [0.2, 0.25) is 11.5 Å². The van der Waals surface area contributed by atoms with Gasteiger partial charge in [0, 0.05) is 38.7 Å². The molecule has 2 aromatic carbocycles. The molecular weight excluding hydrogens is 957 g/mol. The van der Waals surface area contributed by atoms with E-state index in [-0.39, 0.29) is 79.2 Å². The molecular formula is C46H55Cl2N9O13. The molecule has 0 atom stereocenters. The van der Waals surface area contributed by atoms with Gasteiger partial charge >= 0.3 is 23.4 Å². The summed E-state index contributed by atoms with van der Waals surface area (Å²) in [4.78, 5) is 98.4. The Morgan fingerprint density at radius 3 is 1.79 bits per heavy atom. The summed E-state index contributed by atoms with van der Waals surface area (Å²) in [5.41, 5.74) is 0.316. The summed E-state index contributed by atoms with van der Waals surface area (Å²) in [5.74, 6) is 2.95. The highest BCUT2D eigenvalue weighted by molar-refractivity contribution is 6.36. The number of aryl methyl sites for hydroxylation is 2. The maximum absolute atomic E-state index is 13.5. The number of hydrogen-bond acceptors (Lipinski definition) is 17. The van der Waals surface area contributed by atoms with Gasteiger partial charge in [-0.3, -0.25) is 19.2 Å². The quantitative estimate of drug-likeness (QED) is 0.0247. The highest BCUT2D eigenvalue weighted by Crippen LogP contribution is 2.43. The van der Waals surface area contributed by atoms with Crippen LogP contribution in [0.2, 0.25) is 10.0 Å². The molecule has 0 unspecified atom stereocenters. The van der Waals surface area contributed by atoms with Crippen LogP contribution < -0.4 is 27.0 Å². The average Bonchev–Trinajstić information content (AvgIpc) is 4.30. The topological polar surface area (TPSA) is 279 Å². The lowest BCUT2D eigenvalue weighted by Crippen LogP contribution is -2.30. The molecule has 3 heterocycles. The Morgan fingerprint density at radius 2 is 1.36 bits per heavy atom. The van der Waals surface area contributed by atoms with Crippen molar-refractivity contribution in [1.29, 1.82) is 0 Å². The standard InChI is InChI=1S/C23H21ClN4O6.C19H22ClN3O4.C4H5NO2.H3NO.2H2/c1-4-16-25-27(23(31)28(16)33-6-3)12-14-8-7-9-15(18(14)24)20(29)17-19(22(30)32-5-2)26-34-21(17)13-10-11-13;1-3-17-21-22(19(26)23(17)27-4-2)11-13-6-5-7-14(18(13)20)16(25)10-15(24)12-8-9-12;1-3-7-4(6)5-2;1-2;;/h2,7-9,13H,4,6,10-12H2,1,3H3;5-7,12H,3-4,8-11H2,1-2H3;3H2,1H3;2H,1H2;2*1H. The van der Waals surface area contributed by atoms with E-state index in [0.29, 0.717) is 60.2 Å². The van der Waals surface area contributed by atoms with E-state index < -0.39 is 29.2 Å². The number of rotatable bonds is 19. The van der Waals surface area contributed by atoms with Crippen molar-refractivity contribution in [3.05, 3.63) is 130 Å². The normalized spacial score (nSPS) is 12.3. The summed E-state index contributed by atoms with van der Waals surface area (Å²) in [6, 6.07) is 9.87. The molecule has 376 valence electrons. The van der Waals surface area contributed by atoms with Gasteiger partial charge in [-0.1, -0.05) is 72.9 Å². The number of ether oxygens (including phenoxy) is 2. The number of halogens is 2. The van der Waals surface area contributed by atoms with Gasteiger partial charge in [-0.15, -0.1) is 9.46 Å². The number of hydrogen-bond donors (Lipinski definition) is 2. The molecule has 0 spiro atoms. The van der Waals surface area contributed by atoms with Crippen LogP contribution in [-0.2, 0) is 40.2 Å². The number of nitrogens with two attached hydrogens (primary N) is 1. The Balaban J connectivity index is 0.000000420. The molecule has 0 aliphatic heterocycles. The third kappa shape index (κ3) is 13.7. The van der Waals surface area contributed by atoms with Crippen molar-refractivity contribution in [3.8, 4) is 12.5 Å². The first kappa shape index (κ1) is 55.2. The lowest BCUT2D eigenvalue weighted by atomic mass is 9.98. The maximum atomic E-state index is 13.5. The van der Waals surface area contributed by atoms with Crippen molar-refractivity contribution in [1.82, 2.24) is 34.2 Å². The highest BCUT2D eigenvalue weighted by Gasteiger charge is 2.38. The monoisotopic (exact) mass is 1010 g/mol. The number of Topliss-reactive ketones (excluding diaryl/α,β-unsaturated/α-hetero) is 2. The van der Waals surface area contributed by atoms with Gasteiger partial charge in [-0.2, -0.15) is 15.0 Å². The SMILES string of the molecule is C#COC(=O)c1noc(C2CC2)c1C(=O)c1cccc(Cn2nc(CC)n(OCC)c2=O)c1Cl.CCOn1c(CC)nn(Cc2cccc(C(=O)CC(=O)C3CC3)c2Cl)c1=O.NO.[C-]#[N+]C(=O)OCC.[HH].[HH]. The predicted molar refractivity (Wildman–Crippen MR) is 254 cm³/mol. The van der Waals surface area contributed by atoms with Crippen molar-refractivity contribution in [2.45, 2.75) is 98.6 Å². The smallest absolute Gasteiger partial charge is 0.486 e. The van der Waals surface area contributed by atoms with Gasteiger partial charge in [0.15, 0.2) is 23.2 Å². The molecule has 0 bridgehead atoms. The van der Waals surface area contributed by atoms with Crippen LogP contribution in [0.15, 0.2) is 50.5 Å². The minimum Gasteiger partial charge on any atom is -0.486 e. The van der Waals surface area contributed by atoms with Gasteiger partial charge in [0.1, 0.15) is 37.2 Å². The zero-order chi connectivity index (χ0) is 51.7. The van der Waals surface area contributed by atoms with Gasteiger partial charge in [-0.25, -0.2) is 29.6 Å². The zero-order valence-electron chi connectivity index (χ0n) is 38.9. The Bertz CT molecular complexity index is 2910. The van der Waals surface area contributed by atoms with Crippen LogP contribution in [0.4, 0.5) is 4.79 Å². The van der Waals surface area contributed by atoms with Crippen LogP contribution in [0.1, 0.15) is 141 Å². The zero-order valence-corrected chi connectivity index (χ0v) is 40.5. The number of amides is 1. The minimum absolute atomic E-state index is 0. The summed E-state index contributed by atoms with van der Waals surface area (Å²) in [6.07, 6.45) is 10.2. The third-order valence-corrected chi connectivity index (χ3v) is 11.1. The second kappa shape index (κ2) is 26.4. The molecule has 22 nitrogen and oxygen atoms in total. The number of carbonyl (C=O) groups excluding carboxylic acids is 5. The fraction of sp³-hybridized carbons (Fsp3) is 0.413. The number of ketones is 3. The summed E-state index contributed by atoms with van der Waals surface area (Å²) >= 11 is 13.0. The summed E-state index contributed by atoms with van der Waals surface area (Å²) in [7, 11) is 0. The van der Waals surface area contributed by atoms with E-state index in [0.717, 1.165) is 30.4 Å². The lowest BCUT2D eigenvalue weighted by molar-refractivity contribution is -0.119. The molecule has 2 saturated carbocycles. The largest absolute Gasteiger partial charge is 0.561 e. The first-order valence-electron chi connectivity index (χ1n) is 21.9. The van der Waals surface area contributed by atoms with E-state index in [9.17, 15) is 33.6 Å². The number of terminal acetylenes is 1. The van der Waals surface area contributed by atoms with E-state index >= 15 is 0 Å². The molecule has 3 aromatic heterocycles. The van der Waals surface area contributed by atoms with Gasteiger partial charge in [0.25, 0.3) is 0 Å². The van der Waals surface area contributed by atoms with Crippen molar-refractivity contribution >= 4 is 52.6 Å². The van der Waals surface area contributed by atoms with Crippen molar-refractivity contribution in [3.63, 3.8) is 0 Å². The predicted octanol–water partition coefficient (Wildman–Crippen LogP) is 5.80. The molecule has 1 amide bonds. The van der Waals surface area contributed by atoms with Crippen molar-refractivity contribution in [2.75, 3.05) is 19.8 Å². The number of nitrogens with zero attached hydrogens (tertiary/aromatic N) is 8. The first-order valence-corrected chi connectivity index (χ1v) is 22.7. The second-order valence-electron chi connectivity index (χ2n) is 14.9. The fourth-order valence-electron chi connectivity index (χ4n) is 6.63. The molecule has 0 saturated heterocycles. The van der Waals surface area contributed by atoms with Crippen LogP contribution in [0.25, 0.3) is 4.85 Å². The molecule has 5 aromatic rings. The van der Waals surface area contributed by atoms with Gasteiger partial charge in [-0.05, 0) is 69.7 Å². The Kier molecular flexibility index (Phi) is 20.8. The number of esters is 1. The van der Waals surface area contributed by atoms with Crippen LogP contribution in [0.3, 0.4) is 0 Å². The third-order valence-electron chi connectivity index (χ3n) is 10.2. The summed E-state index contributed by atoms with van der Waals surface area (Å²) in [5, 5.41) is 19.2. The molecule has 2 aliphatic carbocycles. The second-order valence-corrected chi connectivity index (χ2v) is 15.7. The molecule has 3 N–H and O–H groups in total. The van der Waals surface area contributed by atoms with E-state index in [2.05, 4.69) is 35.6 Å². The molecule has 7 rings (SSSR count). The van der Waals surface area contributed by atoms with Crippen molar-refractivity contribution < 1.29 is 55.7 Å². The van der Waals surface area contributed by atoms with Crippen LogP contribution in [-0.4, -0.2) is 88.6 Å². The van der Waals surface area contributed by atoms with Crippen LogP contribution in [0, 0.1) is 25.0 Å². The average molecular weight is 1010 g/mol. The molecule has 2 aliphatic rings. The van der Waals surface area contributed by atoms with E-state index in [1.165, 1.54) is 20.2 Å². The van der Waals surface area contributed by atoms with E-state index in [4.69, 9.17) is 55.6 Å². The minimum atomic E-state index is -0.964. The number of carbonyl (C=O) groups is 5. The Morgan fingerprint density at radius 1 is 0.843 bits per heavy atom. The summed E-state index contributed by atoms with van der Waals surface area (Å²) in [6.45, 7) is 16.1. The number of aromatic nitrogens is 7. The fourth-order valence-corrected chi connectivity index (χ4v) is 7.19. The van der Waals surface area contributed by atoms with E-state index in [1.54, 1.807) is 57.2 Å². The summed E-state index contributed by atoms with van der Waals surface area (Å²) < 4.78 is 18.9.